The summed E-state index contributed by atoms with van der Waals surface area (Å²) in [6.07, 6.45) is 3.02. The first-order valence-electron chi connectivity index (χ1n) is 5.73. The zero-order chi connectivity index (χ0) is 10.7. The molecular formula is C12H19NO2. The summed E-state index contributed by atoms with van der Waals surface area (Å²) >= 11 is 0. The number of nitrogens with two attached hydrogens (primary N) is 1. The molecule has 0 aromatic carbocycles. The number of aryl methyl sites for hydroxylation is 1. The summed E-state index contributed by atoms with van der Waals surface area (Å²) in [5.74, 6) is 2.46. The molecule has 0 unspecified atom stereocenters. The number of rotatable bonds is 3. The minimum absolute atomic E-state index is 0.0363. The third-order valence-corrected chi connectivity index (χ3v) is 3.13. The van der Waals surface area contributed by atoms with Gasteiger partial charge in [0.25, 0.3) is 0 Å². The Labute approximate surface area is 90.6 Å². The second-order valence-corrected chi connectivity index (χ2v) is 4.13. The van der Waals surface area contributed by atoms with Crippen molar-refractivity contribution in [1.29, 1.82) is 0 Å². The zero-order valence-electron chi connectivity index (χ0n) is 9.24. The van der Waals surface area contributed by atoms with Gasteiger partial charge in [-0.15, -0.1) is 0 Å². The molecule has 1 aromatic rings. The lowest BCUT2D eigenvalue weighted by Gasteiger charge is -2.26. The van der Waals surface area contributed by atoms with Crippen LogP contribution in [0.2, 0.25) is 0 Å². The first kappa shape index (κ1) is 10.7. The van der Waals surface area contributed by atoms with Crippen LogP contribution in [0.15, 0.2) is 16.5 Å². The third-order valence-electron chi connectivity index (χ3n) is 3.13. The molecule has 1 aliphatic heterocycles. The summed E-state index contributed by atoms with van der Waals surface area (Å²) in [4.78, 5) is 0. The van der Waals surface area contributed by atoms with Gasteiger partial charge >= 0.3 is 0 Å². The van der Waals surface area contributed by atoms with Crippen LogP contribution in [0.4, 0.5) is 0 Å². The van der Waals surface area contributed by atoms with Crippen molar-refractivity contribution < 1.29 is 9.15 Å². The van der Waals surface area contributed by atoms with Crippen LogP contribution in [-0.2, 0) is 11.2 Å². The highest BCUT2D eigenvalue weighted by molar-refractivity contribution is 5.11. The maximum Gasteiger partial charge on any atom is 0.121 e. The van der Waals surface area contributed by atoms with E-state index in [0.29, 0.717) is 5.92 Å². The number of hydrogen-bond acceptors (Lipinski definition) is 3. The Kier molecular flexibility index (Phi) is 3.44. The van der Waals surface area contributed by atoms with Crippen LogP contribution in [0.3, 0.4) is 0 Å². The molecule has 0 bridgehead atoms. The molecule has 0 spiro atoms. The van der Waals surface area contributed by atoms with Gasteiger partial charge < -0.3 is 14.9 Å². The van der Waals surface area contributed by atoms with Crippen molar-refractivity contribution in [1.82, 2.24) is 0 Å². The van der Waals surface area contributed by atoms with Crippen LogP contribution in [0, 0.1) is 5.92 Å². The summed E-state index contributed by atoms with van der Waals surface area (Å²) in [6.45, 7) is 3.75. The highest BCUT2D eigenvalue weighted by Crippen LogP contribution is 2.29. The molecule has 0 amide bonds. The van der Waals surface area contributed by atoms with Crippen LogP contribution in [0.5, 0.6) is 0 Å². The fraction of sp³-hybridized carbons (Fsp3) is 0.667. The molecule has 3 heteroatoms. The van der Waals surface area contributed by atoms with Crippen LogP contribution in [-0.4, -0.2) is 13.2 Å². The van der Waals surface area contributed by atoms with Crippen molar-refractivity contribution >= 4 is 0 Å². The predicted molar refractivity (Wildman–Crippen MR) is 58.6 cm³/mol. The number of furan rings is 1. The van der Waals surface area contributed by atoms with Crippen molar-refractivity contribution in [2.75, 3.05) is 13.2 Å². The van der Waals surface area contributed by atoms with E-state index >= 15 is 0 Å². The molecule has 0 aliphatic carbocycles. The van der Waals surface area contributed by atoms with Crippen molar-refractivity contribution in [3.63, 3.8) is 0 Å². The zero-order valence-corrected chi connectivity index (χ0v) is 9.24. The van der Waals surface area contributed by atoms with Crippen molar-refractivity contribution in [2.24, 2.45) is 11.7 Å². The van der Waals surface area contributed by atoms with Crippen LogP contribution in [0.25, 0.3) is 0 Å². The van der Waals surface area contributed by atoms with Crippen molar-refractivity contribution in [3.05, 3.63) is 23.7 Å². The van der Waals surface area contributed by atoms with Crippen molar-refractivity contribution in [2.45, 2.75) is 32.2 Å². The standard InChI is InChI=1S/C12H19NO2/c1-2-10-3-4-11(15-10)12(13)9-5-7-14-8-6-9/h3-4,9,12H,2,5-8,13H2,1H3/t12-/m1/s1. The molecule has 1 aromatic heterocycles. The summed E-state index contributed by atoms with van der Waals surface area (Å²) in [5.41, 5.74) is 6.19. The van der Waals surface area contributed by atoms with E-state index in [4.69, 9.17) is 14.9 Å². The molecule has 2 N–H and O–H groups in total. The van der Waals surface area contributed by atoms with Crippen LogP contribution < -0.4 is 5.73 Å². The molecule has 1 fully saturated rings. The summed E-state index contributed by atoms with van der Waals surface area (Å²) in [6, 6.07) is 4.07. The topological polar surface area (TPSA) is 48.4 Å². The van der Waals surface area contributed by atoms with Gasteiger partial charge in [-0.3, -0.25) is 0 Å². The fourth-order valence-electron chi connectivity index (χ4n) is 2.07. The van der Waals surface area contributed by atoms with Crippen molar-refractivity contribution in [3.8, 4) is 0 Å². The minimum atomic E-state index is 0.0363. The lowest BCUT2D eigenvalue weighted by Crippen LogP contribution is -2.27. The minimum Gasteiger partial charge on any atom is -0.464 e. The molecule has 1 atom stereocenters. The van der Waals surface area contributed by atoms with Gasteiger partial charge in [0, 0.05) is 19.6 Å². The van der Waals surface area contributed by atoms with E-state index in [9.17, 15) is 0 Å². The second-order valence-electron chi connectivity index (χ2n) is 4.13. The number of hydrogen-bond donors (Lipinski definition) is 1. The molecule has 2 rings (SSSR count). The lowest BCUT2D eigenvalue weighted by molar-refractivity contribution is 0.0559. The Balaban J connectivity index is 2.02. The molecule has 0 saturated carbocycles. The quantitative estimate of drug-likeness (QED) is 0.830. The Morgan fingerprint density at radius 1 is 1.40 bits per heavy atom. The lowest BCUT2D eigenvalue weighted by atomic mass is 9.91. The Hall–Kier alpha value is -0.800. The monoisotopic (exact) mass is 209 g/mol. The maximum atomic E-state index is 6.19. The van der Waals surface area contributed by atoms with Crippen LogP contribution >= 0.6 is 0 Å². The van der Waals surface area contributed by atoms with Gasteiger partial charge in [-0.05, 0) is 30.9 Å². The van der Waals surface area contributed by atoms with Gasteiger partial charge in [0.1, 0.15) is 11.5 Å². The van der Waals surface area contributed by atoms with E-state index in [-0.39, 0.29) is 6.04 Å². The van der Waals surface area contributed by atoms with E-state index in [1.165, 1.54) is 0 Å². The molecule has 1 saturated heterocycles. The fourth-order valence-corrected chi connectivity index (χ4v) is 2.07. The summed E-state index contributed by atoms with van der Waals surface area (Å²) < 4.78 is 11.0. The van der Waals surface area contributed by atoms with E-state index in [0.717, 1.165) is 44.0 Å². The Bertz CT molecular complexity index is 302. The molecule has 84 valence electrons. The third kappa shape index (κ3) is 2.41. The molecule has 15 heavy (non-hydrogen) atoms. The van der Waals surface area contributed by atoms with Gasteiger partial charge in [-0.25, -0.2) is 0 Å². The second kappa shape index (κ2) is 4.81. The highest BCUT2D eigenvalue weighted by atomic mass is 16.5. The predicted octanol–water partition coefficient (Wildman–Crippen LogP) is 2.27. The van der Waals surface area contributed by atoms with Gasteiger partial charge in [0.05, 0.1) is 6.04 Å². The van der Waals surface area contributed by atoms with E-state index in [1.807, 2.05) is 12.1 Å². The van der Waals surface area contributed by atoms with E-state index in [1.54, 1.807) is 0 Å². The average Bonchev–Trinajstić information content (AvgIpc) is 2.78. The molecule has 1 aliphatic rings. The van der Waals surface area contributed by atoms with Crippen LogP contribution in [0.1, 0.15) is 37.3 Å². The van der Waals surface area contributed by atoms with E-state index < -0.39 is 0 Å². The van der Waals surface area contributed by atoms with Gasteiger partial charge in [0.2, 0.25) is 0 Å². The SMILES string of the molecule is CCc1ccc([C@H](N)C2CCOCC2)o1. The smallest absolute Gasteiger partial charge is 0.121 e. The van der Waals surface area contributed by atoms with Gasteiger partial charge in [-0.1, -0.05) is 6.92 Å². The summed E-state index contributed by atoms with van der Waals surface area (Å²) in [5, 5.41) is 0. The van der Waals surface area contributed by atoms with E-state index in [2.05, 4.69) is 6.92 Å². The summed E-state index contributed by atoms with van der Waals surface area (Å²) in [7, 11) is 0. The molecule has 3 nitrogen and oxygen atoms in total. The Morgan fingerprint density at radius 2 is 2.13 bits per heavy atom. The first-order chi connectivity index (χ1) is 7.31. The van der Waals surface area contributed by atoms with Gasteiger partial charge in [0.15, 0.2) is 0 Å². The number of ether oxygens (including phenoxy) is 1. The molecule has 0 radical (unpaired) electrons. The molecule has 2 heterocycles. The Morgan fingerprint density at radius 3 is 2.73 bits per heavy atom. The molecular weight excluding hydrogens is 190 g/mol. The largest absolute Gasteiger partial charge is 0.464 e. The first-order valence-corrected chi connectivity index (χ1v) is 5.73. The van der Waals surface area contributed by atoms with Gasteiger partial charge in [-0.2, -0.15) is 0 Å². The highest BCUT2D eigenvalue weighted by Gasteiger charge is 2.24. The normalized spacial score (nSPS) is 20.4. The average molecular weight is 209 g/mol. The maximum absolute atomic E-state index is 6.19.